The fourth-order valence-electron chi connectivity index (χ4n) is 3.76. The Morgan fingerprint density at radius 1 is 1.06 bits per heavy atom. The Labute approximate surface area is 224 Å². The molecule has 0 radical (unpaired) electrons. The molecule has 0 bridgehead atoms. The van der Waals surface area contributed by atoms with E-state index in [1.807, 2.05) is 19.9 Å². The molecule has 2 aromatic rings. The molecule has 1 N–H and O–H groups in total. The Morgan fingerprint density at radius 2 is 1.69 bits per heavy atom. The molecule has 2 rings (SSSR count). The van der Waals surface area contributed by atoms with Crippen LogP contribution in [0.1, 0.15) is 50.7 Å². The number of nitrogens with zero attached hydrogens (tertiary/aromatic N) is 2. The summed E-state index contributed by atoms with van der Waals surface area (Å²) in [6.07, 6.45) is 3.24. The lowest BCUT2D eigenvalue weighted by Gasteiger charge is -2.30. The van der Waals surface area contributed by atoms with Crippen molar-refractivity contribution in [3.8, 4) is 0 Å². The van der Waals surface area contributed by atoms with Crippen LogP contribution in [0, 0.1) is 6.92 Å². The number of carbonyl (C=O) groups excluding carboxylic acids is 2. The second-order valence-corrected chi connectivity index (χ2v) is 11.5. The highest BCUT2D eigenvalue weighted by Crippen LogP contribution is 2.27. The fraction of sp³-hybridized carbons (Fsp3) is 0.462. The summed E-state index contributed by atoms with van der Waals surface area (Å²) >= 11 is 12.7. The summed E-state index contributed by atoms with van der Waals surface area (Å²) < 4.78 is 26.2. The zero-order chi connectivity index (χ0) is 26.9. The lowest BCUT2D eigenvalue weighted by molar-refractivity contribution is -0.140. The van der Waals surface area contributed by atoms with Crippen molar-refractivity contribution in [2.75, 3.05) is 23.7 Å². The first-order valence-electron chi connectivity index (χ1n) is 12.0. The van der Waals surface area contributed by atoms with E-state index in [1.54, 1.807) is 43.3 Å². The van der Waals surface area contributed by atoms with E-state index in [1.165, 1.54) is 9.21 Å². The quantitative estimate of drug-likeness (QED) is 0.345. The summed E-state index contributed by atoms with van der Waals surface area (Å²) in [6, 6.07) is 11.5. The minimum absolute atomic E-state index is 0.0481. The van der Waals surface area contributed by atoms with Gasteiger partial charge >= 0.3 is 0 Å². The van der Waals surface area contributed by atoms with Gasteiger partial charge in [0.25, 0.3) is 0 Å². The molecule has 0 heterocycles. The predicted octanol–water partition coefficient (Wildman–Crippen LogP) is 5.18. The number of carbonyl (C=O) groups is 2. The topological polar surface area (TPSA) is 86.8 Å². The number of benzene rings is 2. The highest BCUT2D eigenvalue weighted by molar-refractivity contribution is 7.92. The lowest BCUT2D eigenvalue weighted by Crippen LogP contribution is -2.48. The van der Waals surface area contributed by atoms with Crippen molar-refractivity contribution in [1.29, 1.82) is 0 Å². The molecule has 36 heavy (non-hydrogen) atoms. The van der Waals surface area contributed by atoms with Crippen molar-refractivity contribution >= 4 is 50.7 Å². The van der Waals surface area contributed by atoms with Gasteiger partial charge in [-0.15, -0.1) is 0 Å². The normalized spacial score (nSPS) is 12.2. The summed E-state index contributed by atoms with van der Waals surface area (Å²) in [7, 11) is -3.55. The Morgan fingerprint density at radius 3 is 2.28 bits per heavy atom. The first-order chi connectivity index (χ1) is 17.0. The summed E-state index contributed by atoms with van der Waals surface area (Å²) in [5.74, 6) is -0.556. The van der Waals surface area contributed by atoms with E-state index in [0.29, 0.717) is 27.8 Å². The molecule has 10 heteroatoms. The highest BCUT2D eigenvalue weighted by Gasteiger charge is 2.27. The van der Waals surface area contributed by atoms with Gasteiger partial charge in [-0.2, -0.15) is 0 Å². The Bertz CT molecular complexity index is 1140. The number of halogens is 2. The Kier molecular flexibility index (Phi) is 11.5. The predicted molar refractivity (Wildman–Crippen MR) is 147 cm³/mol. The molecule has 7 nitrogen and oxygen atoms in total. The number of hydrogen-bond donors (Lipinski definition) is 1. The van der Waals surface area contributed by atoms with E-state index in [-0.39, 0.29) is 37.7 Å². The average molecular weight is 557 g/mol. The minimum Gasteiger partial charge on any atom is -0.354 e. The van der Waals surface area contributed by atoms with Gasteiger partial charge in [-0.3, -0.25) is 13.9 Å². The molecular formula is C26H35Cl2N3O4S. The van der Waals surface area contributed by atoms with E-state index in [9.17, 15) is 18.0 Å². The molecule has 0 unspecified atom stereocenters. The number of nitrogens with one attached hydrogen (secondary N) is 1. The van der Waals surface area contributed by atoms with Gasteiger partial charge in [0.15, 0.2) is 0 Å². The van der Waals surface area contributed by atoms with Gasteiger partial charge < -0.3 is 10.2 Å². The largest absolute Gasteiger partial charge is 0.354 e. The SMILES string of the molecule is CCCCNC(=O)[C@H](C)N(Cc1c(Cl)cccc1Cl)C(=O)CCCN(c1cccc(C)c1)S(C)(=O)=O. The van der Waals surface area contributed by atoms with Crippen molar-refractivity contribution in [1.82, 2.24) is 10.2 Å². The molecule has 2 aromatic carbocycles. The maximum atomic E-state index is 13.4. The summed E-state index contributed by atoms with van der Waals surface area (Å²) in [5.41, 5.74) is 2.04. The van der Waals surface area contributed by atoms with Gasteiger partial charge in [-0.25, -0.2) is 8.42 Å². The van der Waals surface area contributed by atoms with Crippen LogP contribution in [0.3, 0.4) is 0 Å². The van der Waals surface area contributed by atoms with Crippen molar-refractivity contribution in [2.45, 2.75) is 59.0 Å². The summed E-state index contributed by atoms with van der Waals surface area (Å²) in [4.78, 5) is 27.6. The van der Waals surface area contributed by atoms with Crippen LogP contribution in [-0.4, -0.2) is 50.5 Å². The Balaban J connectivity index is 2.20. The molecule has 2 amide bonds. The molecule has 0 aliphatic rings. The zero-order valence-electron chi connectivity index (χ0n) is 21.3. The smallest absolute Gasteiger partial charge is 0.242 e. The van der Waals surface area contributed by atoms with Gasteiger partial charge in [0, 0.05) is 41.7 Å². The maximum absolute atomic E-state index is 13.4. The van der Waals surface area contributed by atoms with Gasteiger partial charge in [0.1, 0.15) is 6.04 Å². The fourth-order valence-corrected chi connectivity index (χ4v) is 5.23. The van der Waals surface area contributed by atoms with Crippen molar-refractivity contribution in [3.63, 3.8) is 0 Å². The molecule has 0 spiro atoms. The second-order valence-electron chi connectivity index (χ2n) is 8.82. The summed E-state index contributed by atoms with van der Waals surface area (Å²) in [6.45, 7) is 6.30. The van der Waals surface area contributed by atoms with E-state index >= 15 is 0 Å². The number of rotatable bonds is 13. The molecule has 0 saturated carbocycles. The first-order valence-corrected chi connectivity index (χ1v) is 14.6. The van der Waals surface area contributed by atoms with Crippen LogP contribution < -0.4 is 9.62 Å². The van der Waals surface area contributed by atoms with Gasteiger partial charge in [0.05, 0.1) is 11.9 Å². The minimum atomic E-state index is -3.55. The van der Waals surface area contributed by atoms with Crippen LogP contribution >= 0.6 is 23.2 Å². The number of amides is 2. The average Bonchev–Trinajstić information content (AvgIpc) is 2.80. The van der Waals surface area contributed by atoms with Crippen LogP contribution in [0.15, 0.2) is 42.5 Å². The molecule has 0 saturated heterocycles. The molecule has 0 aliphatic carbocycles. The lowest BCUT2D eigenvalue weighted by atomic mass is 10.1. The molecular weight excluding hydrogens is 521 g/mol. The van der Waals surface area contributed by atoms with Crippen molar-refractivity contribution in [3.05, 3.63) is 63.6 Å². The number of hydrogen-bond acceptors (Lipinski definition) is 4. The van der Waals surface area contributed by atoms with Crippen LogP contribution in [0.5, 0.6) is 0 Å². The number of aryl methyl sites for hydroxylation is 1. The zero-order valence-corrected chi connectivity index (χ0v) is 23.6. The summed E-state index contributed by atoms with van der Waals surface area (Å²) in [5, 5.41) is 3.68. The van der Waals surface area contributed by atoms with Crippen LogP contribution in [0.2, 0.25) is 10.0 Å². The van der Waals surface area contributed by atoms with E-state index in [0.717, 1.165) is 24.7 Å². The van der Waals surface area contributed by atoms with Gasteiger partial charge in [0.2, 0.25) is 21.8 Å². The Hall–Kier alpha value is -2.29. The monoisotopic (exact) mass is 555 g/mol. The maximum Gasteiger partial charge on any atom is 0.242 e. The van der Waals surface area contributed by atoms with E-state index in [4.69, 9.17) is 23.2 Å². The number of anilines is 1. The van der Waals surface area contributed by atoms with Crippen LogP contribution in [0.25, 0.3) is 0 Å². The molecule has 0 aromatic heterocycles. The third-order valence-electron chi connectivity index (χ3n) is 5.83. The van der Waals surface area contributed by atoms with E-state index in [2.05, 4.69) is 5.32 Å². The van der Waals surface area contributed by atoms with Gasteiger partial charge in [-0.1, -0.05) is 54.7 Å². The first kappa shape index (κ1) is 29.9. The van der Waals surface area contributed by atoms with E-state index < -0.39 is 16.1 Å². The molecule has 0 fully saturated rings. The number of unbranched alkanes of at least 4 members (excludes halogenated alkanes) is 1. The number of sulfonamides is 1. The highest BCUT2D eigenvalue weighted by atomic mass is 35.5. The van der Waals surface area contributed by atoms with Crippen molar-refractivity contribution < 1.29 is 18.0 Å². The molecule has 0 aliphatic heterocycles. The third-order valence-corrected chi connectivity index (χ3v) is 7.73. The molecule has 1 atom stereocenters. The third kappa shape index (κ3) is 8.68. The van der Waals surface area contributed by atoms with Crippen LogP contribution in [-0.2, 0) is 26.2 Å². The van der Waals surface area contributed by atoms with Crippen LogP contribution in [0.4, 0.5) is 5.69 Å². The molecule has 198 valence electrons. The van der Waals surface area contributed by atoms with Gasteiger partial charge in [-0.05, 0) is 56.5 Å². The standard InChI is InChI=1S/C26H35Cl2N3O4S/c1-5-6-15-29-26(33)20(3)30(18-22-23(27)12-8-13-24(22)28)25(32)14-9-16-31(36(4,34)35)21-11-7-10-19(2)17-21/h7-8,10-13,17,20H,5-6,9,14-16,18H2,1-4H3,(H,29,33)/t20-/m0/s1. The van der Waals surface area contributed by atoms with Crippen molar-refractivity contribution in [2.24, 2.45) is 0 Å². The second kappa shape index (κ2) is 13.9.